The molecule has 1 N–H and O–H groups in total. The van der Waals surface area contributed by atoms with E-state index >= 15 is 0 Å². The fourth-order valence-electron chi connectivity index (χ4n) is 1.47. The number of ketones is 1. The molecule has 2 rings (SSSR count). The zero-order valence-corrected chi connectivity index (χ0v) is 9.88. The van der Waals surface area contributed by atoms with E-state index < -0.39 is 0 Å². The molecule has 0 radical (unpaired) electrons. The summed E-state index contributed by atoms with van der Waals surface area (Å²) in [6.07, 6.45) is 3.31. The monoisotopic (exact) mass is 268 g/mol. The Morgan fingerprint density at radius 1 is 1.60 bits per heavy atom. The minimum Gasteiger partial charge on any atom is -0.480 e. The molecule has 0 saturated heterocycles. The van der Waals surface area contributed by atoms with E-state index in [1.807, 2.05) is 0 Å². The number of rotatable bonds is 2. The van der Waals surface area contributed by atoms with Crippen molar-refractivity contribution in [3.8, 4) is 5.88 Å². The molecule has 0 atom stereocenters. The van der Waals surface area contributed by atoms with Gasteiger partial charge in [0.25, 0.3) is 0 Å². The molecule has 0 spiro atoms. The average Bonchev–Trinajstić information content (AvgIpc) is 2.62. The first-order valence-corrected chi connectivity index (χ1v) is 5.15. The van der Waals surface area contributed by atoms with E-state index in [1.165, 1.54) is 6.92 Å². The van der Waals surface area contributed by atoms with Crippen molar-refractivity contribution in [1.29, 1.82) is 0 Å². The molecular formula is C10H9BrN2O2. The lowest BCUT2D eigenvalue weighted by molar-refractivity contribution is 0.101. The number of aromatic amines is 1. The number of hydrogen-bond donors (Lipinski definition) is 1. The van der Waals surface area contributed by atoms with E-state index in [4.69, 9.17) is 4.74 Å². The molecule has 4 nitrogen and oxygen atoms in total. The summed E-state index contributed by atoms with van der Waals surface area (Å²) in [6, 6.07) is 0. The largest absolute Gasteiger partial charge is 0.480 e. The summed E-state index contributed by atoms with van der Waals surface area (Å²) < 4.78 is 5.79. The second kappa shape index (κ2) is 3.66. The number of nitrogens with zero attached hydrogens (tertiary/aromatic N) is 1. The molecule has 0 fully saturated rings. The van der Waals surface area contributed by atoms with Crippen LogP contribution in [0.5, 0.6) is 5.88 Å². The van der Waals surface area contributed by atoms with Gasteiger partial charge in [0.15, 0.2) is 5.78 Å². The van der Waals surface area contributed by atoms with E-state index in [-0.39, 0.29) is 5.78 Å². The van der Waals surface area contributed by atoms with Crippen LogP contribution in [0.2, 0.25) is 0 Å². The van der Waals surface area contributed by atoms with Gasteiger partial charge in [0.2, 0.25) is 5.88 Å². The number of methoxy groups -OCH3 is 1. The number of H-pyrrole nitrogens is 1. The first-order chi connectivity index (χ1) is 7.15. The third-order valence-electron chi connectivity index (χ3n) is 2.21. The third-order valence-corrected chi connectivity index (χ3v) is 2.95. The van der Waals surface area contributed by atoms with Crippen molar-refractivity contribution in [2.75, 3.05) is 7.11 Å². The number of carbonyl (C=O) groups excluding carboxylic acids is 1. The summed E-state index contributed by atoms with van der Waals surface area (Å²) in [5, 5.41) is 0.801. The molecule has 2 aromatic rings. The van der Waals surface area contributed by atoms with Crippen LogP contribution >= 0.6 is 15.9 Å². The molecule has 15 heavy (non-hydrogen) atoms. The summed E-state index contributed by atoms with van der Waals surface area (Å²) in [5.41, 5.74) is 1.47. The van der Waals surface area contributed by atoms with Gasteiger partial charge in [-0.3, -0.25) is 4.79 Å². The second-order valence-electron chi connectivity index (χ2n) is 3.13. The molecule has 2 heterocycles. The molecule has 0 amide bonds. The van der Waals surface area contributed by atoms with Gasteiger partial charge in [-0.05, 0) is 22.9 Å². The lowest BCUT2D eigenvalue weighted by Gasteiger charge is -2.02. The number of fused-ring (bicyclic) bond motifs is 1. The van der Waals surface area contributed by atoms with Crippen molar-refractivity contribution < 1.29 is 9.53 Å². The minimum atomic E-state index is 0.0140. The van der Waals surface area contributed by atoms with E-state index in [9.17, 15) is 4.79 Å². The van der Waals surface area contributed by atoms with E-state index in [1.54, 1.807) is 19.5 Å². The molecule has 78 valence electrons. The molecule has 0 saturated carbocycles. The SMILES string of the molecule is COc1ncc2c(C(C)=O)c[nH]c2c1Br. The summed E-state index contributed by atoms with van der Waals surface area (Å²) in [4.78, 5) is 18.4. The number of carbonyl (C=O) groups is 1. The van der Waals surface area contributed by atoms with Crippen molar-refractivity contribution in [2.24, 2.45) is 0 Å². The highest BCUT2D eigenvalue weighted by Gasteiger charge is 2.13. The Morgan fingerprint density at radius 2 is 2.33 bits per heavy atom. The summed E-state index contributed by atoms with van der Waals surface area (Å²) in [7, 11) is 1.55. The van der Waals surface area contributed by atoms with Crippen LogP contribution in [0.1, 0.15) is 17.3 Å². The van der Waals surface area contributed by atoms with Gasteiger partial charge in [0, 0.05) is 23.3 Å². The molecule has 0 aliphatic carbocycles. The Bertz CT molecular complexity index is 533. The summed E-state index contributed by atoms with van der Waals surface area (Å²) in [5.74, 6) is 0.513. The molecule has 0 aromatic carbocycles. The zero-order chi connectivity index (χ0) is 11.0. The number of hydrogen-bond acceptors (Lipinski definition) is 3. The van der Waals surface area contributed by atoms with Crippen LogP contribution in [0, 0.1) is 0 Å². The summed E-state index contributed by atoms with van der Waals surface area (Å²) in [6.45, 7) is 1.53. The number of nitrogens with one attached hydrogen (secondary N) is 1. The Balaban J connectivity index is 2.76. The minimum absolute atomic E-state index is 0.0140. The van der Waals surface area contributed by atoms with Crippen molar-refractivity contribution in [1.82, 2.24) is 9.97 Å². The third kappa shape index (κ3) is 1.52. The van der Waals surface area contributed by atoms with Gasteiger partial charge in [0.1, 0.15) is 4.47 Å². The number of Topliss-reactive ketones (excluding diaryl/α,β-unsaturated/α-hetero) is 1. The maximum atomic E-state index is 11.3. The first kappa shape index (κ1) is 10.2. The van der Waals surface area contributed by atoms with Crippen molar-refractivity contribution in [3.63, 3.8) is 0 Å². The van der Waals surface area contributed by atoms with Crippen LogP contribution in [-0.4, -0.2) is 22.9 Å². The predicted octanol–water partition coefficient (Wildman–Crippen LogP) is 2.54. The lowest BCUT2D eigenvalue weighted by atomic mass is 10.1. The van der Waals surface area contributed by atoms with Crippen LogP contribution in [0.3, 0.4) is 0 Å². The number of ether oxygens (including phenoxy) is 1. The maximum absolute atomic E-state index is 11.3. The van der Waals surface area contributed by atoms with Crippen LogP contribution in [-0.2, 0) is 0 Å². The van der Waals surface area contributed by atoms with Crippen LogP contribution in [0.4, 0.5) is 0 Å². The highest BCUT2D eigenvalue weighted by molar-refractivity contribution is 9.10. The molecule has 0 aliphatic heterocycles. The highest BCUT2D eigenvalue weighted by Crippen LogP contribution is 2.31. The van der Waals surface area contributed by atoms with Crippen molar-refractivity contribution in [3.05, 3.63) is 22.4 Å². The predicted molar refractivity (Wildman–Crippen MR) is 60.4 cm³/mol. The van der Waals surface area contributed by atoms with Gasteiger partial charge in [-0.1, -0.05) is 0 Å². The van der Waals surface area contributed by atoms with E-state index in [0.29, 0.717) is 11.4 Å². The quantitative estimate of drug-likeness (QED) is 0.852. The van der Waals surface area contributed by atoms with Crippen molar-refractivity contribution >= 4 is 32.6 Å². The Hall–Kier alpha value is -1.36. The van der Waals surface area contributed by atoms with Gasteiger partial charge in [-0.25, -0.2) is 4.98 Å². The number of pyridine rings is 1. The highest BCUT2D eigenvalue weighted by atomic mass is 79.9. The average molecular weight is 269 g/mol. The van der Waals surface area contributed by atoms with E-state index in [2.05, 4.69) is 25.9 Å². The molecular weight excluding hydrogens is 260 g/mol. The Kier molecular flexibility index (Phi) is 2.48. The van der Waals surface area contributed by atoms with Crippen LogP contribution < -0.4 is 4.74 Å². The topological polar surface area (TPSA) is 55.0 Å². The Labute approximate surface area is 94.8 Å². The second-order valence-corrected chi connectivity index (χ2v) is 3.92. The molecule has 0 bridgehead atoms. The molecule has 0 unspecified atom stereocenters. The molecule has 0 aliphatic rings. The smallest absolute Gasteiger partial charge is 0.229 e. The standard InChI is InChI=1S/C10H9BrN2O2/c1-5(14)6-3-12-9-7(6)4-13-10(15-2)8(9)11/h3-4,12H,1-2H3. The lowest BCUT2D eigenvalue weighted by Crippen LogP contribution is -1.92. The van der Waals surface area contributed by atoms with Gasteiger partial charge in [0.05, 0.1) is 12.6 Å². The van der Waals surface area contributed by atoms with Gasteiger partial charge in [-0.15, -0.1) is 0 Å². The van der Waals surface area contributed by atoms with Gasteiger partial charge < -0.3 is 9.72 Å². The fourth-order valence-corrected chi connectivity index (χ4v) is 2.06. The first-order valence-electron chi connectivity index (χ1n) is 4.35. The number of halogens is 1. The van der Waals surface area contributed by atoms with E-state index in [0.717, 1.165) is 15.4 Å². The van der Waals surface area contributed by atoms with Gasteiger partial charge in [-0.2, -0.15) is 0 Å². The fraction of sp³-hybridized carbons (Fsp3) is 0.200. The van der Waals surface area contributed by atoms with Gasteiger partial charge >= 0.3 is 0 Å². The normalized spacial score (nSPS) is 10.6. The van der Waals surface area contributed by atoms with Crippen LogP contribution in [0.25, 0.3) is 10.9 Å². The molecule has 2 aromatic heterocycles. The molecule has 5 heteroatoms. The van der Waals surface area contributed by atoms with Crippen LogP contribution in [0.15, 0.2) is 16.9 Å². The van der Waals surface area contributed by atoms with Crippen molar-refractivity contribution in [2.45, 2.75) is 6.92 Å². The maximum Gasteiger partial charge on any atom is 0.229 e. The number of aromatic nitrogens is 2. The summed E-state index contributed by atoms with van der Waals surface area (Å²) >= 11 is 3.37. The zero-order valence-electron chi connectivity index (χ0n) is 8.30. The Morgan fingerprint density at radius 3 is 2.93 bits per heavy atom.